The summed E-state index contributed by atoms with van der Waals surface area (Å²) in [5.41, 5.74) is 3.84. The summed E-state index contributed by atoms with van der Waals surface area (Å²) in [5.74, 6) is 0.786. The van der Waals surface area contributed by atoms with Gasteiger partial charge in [0.25, 0.3) is 0 Å². The van der Waals surface area contributed by atoms with Gasteiger partial charge in [0.2, 0.25) is 0 Å². The first-order valence-corrected chi connectivity index (χ1v) is 8.04. The Hall–Kier alpha value is -3.27. The number of aromatic amines is 1. The molecule has 4 nitrogen and oxygen atoms in total. The fraction of sp³-hybridized carbons (Fsp3) is 0.0952. The van der Waals surface area contributed by atoms with Crippen LogP contribution in [-0.4, -0.2) is 23.5 Å². The third kappa shape index (κ3) is 2.52. The minimum atomic E-state index is 0.0323. The third-order valence-corrected chi connectivity index (χ3v) is 4.56. The number of aldehydes is 1. The lowest BCUT2D eigenvalue weighted by Crippen LogP contribution is -1.94. The van der Waals surface area contributed by atoms with Crippen molar-refractivity contribution in [1.29, 1.82) is 0 Å². The van der Waals surface area contributed by atoms with Crippen molar-refractivity contribution >= 4 is 28.1 Å². The first-order valence-electron chi connectivity index (χ1n) is 8.04. The van der Waals surface area contributed by atoms with Crippen molar-refractivity contribution in [1.82, 2.24) is 4.98 Å². The second kappa shape index (κ2) is 5.98. The Bertz CT molecular complexity index is 1080. The second-order valence-electron chi connectivity index (χ2n) is 6.03. The van der Waals surface area contributed by atoms with Gasteiger partial charge in [-0.15, -0.1) is 0 Å². The van der Waals surface area contributed by atoms with Crippen LogP contribution in [0.1, 0.15) is 21.5 Å². The molecule has 0 aliphatic heterocycles. The lowest BCUT2D eigenvalue weighted by Gasteiger charge is -2.09. The molecule has 0 radical (unpaired) electrons. The number of nitrogens with one attached hydrogen (secondary N) is 1. The maximum absolute atomic E-state index is 11.4. The summed E-state index contributed by atoms with van der Waals surface area (Å²) in [6.45, 7) is 0. The maximum Gasteiger partial charge on any atom is 0.153 e. The van der Waals surface area contributed by atoms with E-state index in [1.54, 1.807) is 13.2 Å². The van der Waals surface area contributed by atoms with E-state index in [-0.39, 0.29) is 5.75 Å². The molecule has 0 atom stereocenters. The van der Waals surface area contributed by atoms with Gasteiger partial charge in [-0.3, -0.25) is 4.79 Å². The minimum absolute atomic E-state index is 0.0323. The van der Waals surface area contributed by atoms with E-state index >= 15 is 0 Å². The molecule has 4 aromatic rings. The summed E-state index contributed by atoms with van der Waals surface area (Å²) in [6, 6.07) is 17.4. The first kappa shape index (κ1) is 15.3. The highest BCUT2D eigenvalue weighted by Crippen LogP contribution is 2.37. The fourth-order valence-corrected chi connectivity index (χ4v) is 3.29. The van der Waals surface area contributed by atoms with Crippen LogP contribution in [-0.2, 0) is 6.42 Å². The molecule has 0 spiro atoms. The van der Waals surface area contributed by atoms with E-state index in [0.29, 0.717) is 18.3 Å². The zero-order chi connectivity index (χ0) is 17.4. The molecule has 124 valence electrons. The van der Waals surface area contributed by atoms with E-state index in [1.807, 2.05) is 48.5 Å². The van der Waals surface area contributed by atoms with Crippen LogP contribution < -0.4 is 4.74 Å². The number of phenolic OH excluding ortho intramolecular Hbond substituents is 1. The summed E-state index contributed by atoms with van der Waals surface area (Å²) in [4.78, 5) is 14.8. The number of rotatable bonds is 4. The number of hydrogen-bond acceptors (Lipinski definition) is 3. The van der Waals surface area contributed by atoms with Crippen molar-refractivity contribution < 1.29 is 14.6 Å². The van der Waals surface area contributed by atoms with Crippen molar-refractivity contribution in [3.05, 3.63) is 71.3 Å². The van der Waals surface area contributed by atoms with Crippen LogP contribution in [0.4, 0.5) is 0 Å². The second-order valence-corrected chi connectivity index (χ2v) is 6.03. The predicted molar refractivity (Wildman–Crippen MR) is 98.7 cm³/mol. The standard InChI is InChI=1S/C21H17NO3/c1-25-15-7-8-16-17-10-14(12-23)21(24)18(20(17)22-19(16)11-15)9-13-5-3-2-4-6-13/h2-8,10-12,22,24H,9H2,1H3. The van der Waals surface area contributed by atoms with Gasteiger partial charge in [0.05, 0.1) is 23.7 Å². The monoisotopic (exact) mass is 331 g/mol. The molecule has 1 heterocycles. The van der Waals surface area contributed by atoms with E-state index in [1.165, 1.54) is 0 Å². The zero-order valence-corrected chi connectivity index (χ0v) is 13.7. The fourth-order valence-electron chi connectivity index (χ4n) is 3.29. The van der Waals surface area contributed by atoms with Crippen molar-refractivity contribution in [2.75, 3.05) is 7.11 Å². The van der Waals surface area contributed by atoms with Crippen LogP contribution in [0.2, 0.25) is 0 Å². The number of ether oxygens (including phenoxy) is 1. The Morgan fingerprint density at radius 1 is 1.08 bits per heavy atom. The molecular formula is C21H17NO3. The number of fused-ring (bicyclic) bond motifs is 3. The Morgan fingerprint density at radius 2 is 1.88 bits per heavy atom. The van der Waals surface area contributed by atoms with E-state index in [9.17, 15) is 9.90 Å². The average Bonchev–Trinajstić information content (AvgIpc) is 3.02. The van der Waals surface area contributed by atoms with Gasteiger partial charge in [-0.25, -0.2) is 0 Å². The van der Waals surface area contributed by atoms with Crippen molar-refractivity contribution in [2.24, 2.45) is 0 Å². The molecule has 4 heteroatoms. The topological polar surface area (TPSA) is 62.3 Å². The van der Waals surface area contributed by atoms with E-state index in [2.05, 4.69) is 4.98 Å². The Labute approximate surface area is 144 Å². The summed E-state index contributed by atoms with van der Waals surface area (Å²) in [6.07, 6.45) is 1.24. The van der Waals surface area contributed by atoms with Gasteiger partial charge in [-0.05, 0) is 23.8 Å². The average molecular weight is 331 g/mol. The number of carbonyl (C=O) groups excluding carboxylic acids is 1. The number of carbonyl (C=O) groups is 1. The molecule has 0 aliphatic rings. The smallest absolute Gasteiger partial charge is 0.153 e. The summed E-state index contributed by atoms with van der Waals surface area (Å²) in [5, 5.41) is 12.5. The van der Waals surface area contributed by atoms with Crippen LogP contribution in [0.15, 0.2) is 54.6 Å². The number of phenols is 1. The zero-order valence-electron chi connectivity index (χ0n) is 13.7. The molecule has 0 saturated carbocycles. The number of benzene rings is 3. The lowest BCUT2D eigenvalue weighted by molar-refractivity contribution is 0.112. The van der Waals surface area contributed by atoms with Gasteiger partial charge in [-0.1, -0.05) is 30.3 Å². The molecular weight excluding hydrogens is 314 g/mol. The SMILES string of the molecule is COc1ccc2c(c1)[nH]c1c(Cc3ccccc3)c(O)c(C=O)cc12. The normalized spacial score (nSPS) is 11.1. The molecule has 2 N–H and O–H groups in total. The number of aromatic nitrogens is 1. The Balaban J connectivity index is 2.01. The molecule has 0 bridgehead atoms. The first-order chi connectivity index (χ1) is 12.2. The molecule has 4 rings (SSSR count). The number of H-pyrrole nitrogens is 1. The van der Waals surface area contributed by atoms with Crippen LogP contribution in [0.25, 0.3) is 21.8 Å². The van der Waals surface area contributed by atoms with Crippen LogP contribution in [0.3, 0.4) is 0 Å². The number of aromatic hydroxyl groups is 1. The largest absolute Gasteiger partial charge is 0.507 e. The summed E-state index contributed by atoms with van der Waals surface area (Å²) in [7, 11) is 1.63. The lowest BCUT2D eigenvalue weighted by atomic mass is 9.98. The van der Waals surface area contributed by atoms with Gasteiger partial charge in [0, 0.05) is 28.8 Å². The highest BCUT2D eigenvalue weighted by atomic mass is 16.5. The van der Waals surface area contributed by atoms with E-state index in [4.69, 9.17) is 4.74 Å². The van der Waals surface area contributed by atoms with Gasteiger partial charge < -0.3 is 14.8 Å². The summed E-state index contributed by atoms with van der Waals surface area (Å²) >= 11 is 0. The Morgan fingerprint density at radius 3 is 2.60 bits per heavy atom. The molecule has 0 saturated heterocycles. The van der Waals surface area contributed by atoms with Crippen LogP contribution >= 0.6 is 0 Å². The quantitative estimate of drug-likeness (QED) is 0.544. The van der Waals surface area contributed by atoms with Gasteiger partial charge in [0.1, 0.15) is 11.5 Å². The molecule has 25 heavy (non-hydrogen) atoms. The molecule has 0 amide bonds. The molecule has 0 aliphatic carbocycles. The highest BCUT2D eigenvalue weighted by molar-refractivity contribution is 6.11. The molecule has 0 fully saturated rings. The molecule has 3 aromatic carbocycles. The third-order valence-electron chi connectivity index (χ3n) is 4.56. The molecule has 0 unspecified atom stereocenters. The van der Waals surface area contributed by atoms with E-state index in [0.717, 1.165) is 38.7 Å². The van der Waals surface area contributed by atoms with Gasteiger partial charge in [0.15, 0.2) is 6.29 Å². The van der Waals surface area contributed by atoms with Gasteiger partial charge in [-0.2, -0.15) is 0 Å². The Kier molecular flexibility index (Phi) is 3.65. The summed E-state index contributed by atoms with van der Waals surface area (Å²) < 4.78 is 5.29. The molecule has 1 aromatic heterocycles. The van der Waals surface area contributed by atoms with Crippen LogP contribution in [0, 0.1) is 0 Å². The van der Waals surface area contributed by atoms with Crippen molar-refractivity contribution in [3.63, 3.8) is 0 Å². The van der Waals surface area contributed by atoms with Crippen molar-refractivity contribution in [3.8, 4) is 11.5 Å². The van der Waals surface area contributed by atoms with Crippen LogP contribution in [0.5, 0.6) is 11.5 Å². The highest BCUT2D eigenvalue weighted by Gasteiger charge is 2.17. The number of methoxy groups -OCH3 is 1. The predicted octanol–water partition coefficient (Wildman–Crippen LogP) is 4.44. The minimum Gasteiger partial charge on any atom is -0.507 e. The van der Waals surface area contributed by atoms with Gasteiger partial charge >= 0.3 is 0 Å². The van der Waals surface area contributed by atoms with E-state index < -0.39 is 0 Å². The number of hydrogen-bond donors (Lipinski definition) is 2. The van der Waals surface area contributed by atoms with Crippen molar-refractivity contribution in [2.45, 2.75) is 6.42 Å². The maximum atomic E-state index is 11.4.